The molecule has 1 nitrogen and oxygen atoms in total. The maximum atomic E-state index is 13.6. The number of benzene rings is 2. The van der Waals surface area contributed by atoms with Crippen LogP contribution in [0.3, 0.4) is 0 Å². The zero-order chi connectivity index (χ0) is 14.0. The van der Waals surface area contributed by atoms with Crippen molar-refractivity contribution in [3.05, 3.63) is 70.5 Å². The summed E-state index contributed by atoms with van der Waals surface area (Å²) in [6.45, 7) is 1.74. The Morgan fingerprint density at radius 1 is 1.05 bits per heavy atom. The standard InChI is InChI=1S/C15H14F3N/c1-9-7-11(16)6-5-10(9)8-14(19)15-12(17)3-2-4-13(15)18/h2-7,14H,8,19H2,1H3. The van der Waals surface area contributed by atoms with Gasteiger partial charge >= 0.3 is 0 Å². The first-order valence-electron chi connectivity index (χ1n) is 5.93. The second-order valence-corrected chi connectivity index (χ2v) is 4.52. The van der Waals surface area contributed by atoms with Crippen molar-refractivity contribution in [3.63, 3.8) is 0 Å². The van der Waals surface area contributed by atoms with Crippen LogP contribution in [-0.2, 0) is 6.42 Å². The molecule has 2 rings (SSSR count). The molecule has 0 fully saturated rings. The molecule has 1 unspecified atom stereocenters. The molecule has 4 heteroatoms. The summed E-state index contributed by atoms with van der Waals surface area (Å²) in [5, 5.41) is 0. The van der Waals surface area contributed by atoms with E-state index in [1.807, 2.05) is 0 Å². The van der Waals surface area contributed by atoms with Crippen LogP contribution < -0.4 is 5.73 Å². The van der Waals surface area contributed by atoms with Gasteiger partial charge in [0.1, 0.15) is 17.5 Å². The topological polar surface area (TPSA) is 26.0 Å². The highest BCUT2D eigenvalue weighted by Crippen LogP contribution is 2.23. The normalized spacial score (nSPS) is 12.5. The molecule has 0 aliphatic heterocycles. The molecular weight excluding hydrogens is 251 g/mol. The number of rotatable bonds is 3. The Labute approximate surface area is 109 Å². The Bertz CT molecular complexity index is 576. The Kier molecular flexibility index (Phi) is 3.90. The Morgan fingerprint density at radius 2 is 1.68 bits per heavy atom. The quantitative estimate of drug-likeness (QED) is 0.900. The summed E-state index contributed by atoms with van der Waals surface area (Å²) in [5.74, 6) is -1.66. The van der Waals surface area contributed by atoms with Crippen LogP contribution in [0, 0.1) is 24.4 Å². The van der Waals surface area contributed by atoms with Gasteiger partial charge in [-0.25, -0.2) is 13.2 Å². The molecule has 0 spiro atoms. The van der Waals surface area contributed by atoms with Gasteiger partial charge in [0.05, 0.1) is 0 Å². The molecule has 0 saturated heterocycles. The van der Waals surface area contributed by atoms with E-state index in [0.717, 1.165) is 5.56 Å². The lowest BCUT2D eigenvalue weighted by Crippen LogP contribution is -2.17. The fourth-order valence-electron chi connectivity index (χ4n) is 2.09. The van der Waals surface area contributed by atoms with Gasteiger partial charge < -0.3 is 5.73 Å². The Balaban J connectivity index is 2.28. The van der Waals surface area contributed by atoms with E-state index < -0.39 is 17.7 Å². The number of halogens is 3. The Morgan fingerprint density at radius 3 is 2.26 bits per heavy atom. The van der Waals surface area contributed by atoms with Crippen molar-refractivity contribution in [2.75, 3.05) is 0 Å². The molecule has 100 valence electrons. The van der Waals surface area contributed by atoms with Crippen molar-refractivity contribution in [2.45, 2.75) is 19.4 Å². The van der Waals surface area contributed by atoms with E-state index in [0.29, 0.717) is 5.56 Å². The number of hydrogen-bond acceptors (Lipinski definition) is 1. The molecule has 2 N–H and O–H groups in total. The van der Waals surface area contributed by atoms with Crippen LogP contribution in [0.4, 0.5) is 13.2 Å². The van der Waals surface area contributed by atoms with E-state index in [1.165, 1.54) is 30.3 Å². The average molecular weight is 265 g/mol. The molecule has 2 aromatic rings. The lowest BCUT2D eigenvalue weighted by Gasteiger charge is -2.15. The van der Waals surface area contributed by atoms with Crippen LogP contribution in [0.2, 0.25) is 0 Å². The van der Waals surface area contributed by atoms with Gasteiger partial charge in [-0.05, 0) is 48.7 Å². The number of nitrogens with two attached hydrogens (primary N) is 1. The zero-order valence-electron chi connectivity index (χ0n) is 10.5. The monoisotopic (exact) mass is 265 g/mol. The fourth-order valence-corrected chi connectivity index (χ4v) is 2.09. The molecule has 0 aliphatic rings. The first kappa shape index (κ1) is 13.6. The molecule has 19 heavy (non-hydrogen) atoms. The smallest absolute Gasteiger partial charge is 0.130 e. The van der Waals surface area contributed by atoms with Crippen LogP contribution in [0.5, 0.6) is 0 Å². The Hall–Kier alpha value is -1.81. The molecule has 0 bridgehead atoms. The van der Waals surface area contributed by atoms with Crippen molar-refractivity contribution < 1.29 is 13.2 Å². The molecule has 0 amide bonds. The second-order valence-electron chi connectivity index (χ2n) is 4.52. The predicted molar refractivity (Wildman–Crippen MR) is 68.1 cm³/mol. The minimum Gasteiger partial charge on any atom is -0.323 e. The van der Waals surface area contributed by atoms with Crippen LogP contribution in [0.1, 0.15) is 22.7 Å². The third kappa shape index (κ3) is 2.96. The van der Waals surface area contributed by atoms with Crippen molar-refractivity contribution in [3.8, 4) is 0 Å². The highest BCUT2D eigenvalue weighted by molar-refractivity contribution is 5.30. The largest absolute Gasteiger partial charge is 0.323 e. The predicted octanol–water partition coefficient (Wildman–Crippen LogP) is 3.65. The van der Waals surface area contributed by atoms with Crippen LogP contribution in [0.25, 0.3) is 0 Å². The molecule has 0 aromatic heterocycles. The van der Waals surface area contributed by atoms with Crippen molar-refractivity contribution in [1.29, 1.82) is 0 Å². The van der Waals surface area contributed by atoms with E-state index in [9.17, 15) is 13.2 Å². The van der Waals surface area contributed by atoms with Gasteiger partial charge in [0, 0.05) is 11.6 Å². The zero-order valence-corrected chi connectivity index (χ0v) is 10.5. The summed E-state index contributed by atoms with van der Waals surface area (Å²) in [6.07, 6.45) is 0.254. The van der Waals surface area contributed by atoms with Gasteiger partial charge in [0.15, 0.2) is 0 Å². The summed E-state index contributed by atoms with van der Waals surface area (Å²) in [5.41, 5.74) is 7.22. The van der Waals surface area contributed by atoms with E-state index in [-0.39, 0.29) is 17.8 Å². The van der Waals surface area contributed by atoms with Gasteiger partial charge in [0.25, 0.3) is 0 Å². The molecule has 1 atom stereocenters. The lowest BCUT2D eigenvalue weighted by molar-refractivity contribution is 0.524. The molecule has 0 radical (unpaired) electrons. The van der Waals surface area contributed by atoms with Crippen LogP contribution in [-0.4, -0.2) is 0 Å². The summed E-state index contributed by atoms with van der Waals surface area (Å²) >= 11 is 0. The minimum atomic E-state index is -0.801. The molecule has 0 heterocycles. The van der Waals surface area contributed by atoms with E-state index in [4.69, 9.17) is 5.73 Å². The molecule has 0 saturated carbocycles. The first-order chi connectivity index (χ1) is 8.99. The van der Waals surface area contributed by atoms with Gasteiger partial charge in [-0.3, -0.25) is 0 Å². The highest BCUT2D eigenvalue weighted by atomic mass is 19.1. The van der Waals surface area contributed by atoms with E-state index in [1.54, 1.807) is 13.0 Å². The molecule has 0 aliphatic carbocycles. The van der Waals surface area contributed by atoms with E-state index >= 15 is 0 Å². The lowest BCUT2D eigenvalue weighted by atomic mass is 9.96. The maximum absolute atomic E-state index is 13.6. The fraction of sp³-hybridized carbons (Fsp3) is 0.200. The number of aryl methyl sites for hydroxylation is 1. The average Bonchev–Trinajstić information content (AvgIpc) is 2.32. The first-order valence-corrected chi connectivity index (χ1v) is 5.93. The summed E-state index contributed by atoms with van der Waals surface area (Å²) in [7, 11) is 0. The van der Waals surface area contributed by atoms with Crippen molar-refractivity contribution >= 4 is 0 Å². The second kappa shape index (κ2) is 5.45. The summed E-state index contributed by atoms with van der Waals surface area (Å²) in [4.78, 5) is 0. The van der Waals surface area contributed by atoms with Gasteiger partial charge in [-0.1, -0.05) is 12.1 Å². The van der Waals surface area contributed by atoms with Gasteiger partial charge in [-0.2, -0.15) is 0 Å². The third-order valence-corrected chi connectivity index (χ3v) is 3.11. The van der Waals surface area contributed by atoms with Crippen LogP contribution >= 0.6 is 0 Å². The molecule has 2 aromatic carbocycles. The van der Waals surface area contributed by atoms with Crippen molar-refractivity contribution in [1.82, 2.24) is 0 Å². The summed E-state index contributed by atoms with van der Waals surface area (Å²) < 4.78 is 40.2. The minimum absolute atomic E-state index is 0.133. The maximum Gasteiger partial charge on any atom is 0.130 e. The number of hydrogen-bond donors (Lipinski definition) is 1. The van der Waals surface area contributed by atoms with Gasteiger partial charge in [-0.15, -0.1) is 0 Å². The molecular formula is C15H14F3N. The van der Waals surface area contributed by atoms with Gasteiger partial charge in [0.2, 0.25) is 0 Å². The SMILES string of the molecule is Cc1cc(F)ccc1CC(N)c1c(F)cccc1F. The van der Waals surface area contributed by atoms with Crippen LogP contribution in [0.15, 0.2) is 36.4 Å². The van der Waals surface area contributed by atoms with E-state index in [2.05, 4.69) is 0 Å². The third-order valence-electron chi connectivity index (χ3n) is 3.11. The van der Waals surface area contributed by atoms with Crippen molar-refractivity contribution in [2.24, 2.45) is 5.73 Å². The highest BCUT2D eigenvalue weighted by Gasteiger charge is 2.17. The summed E-state index contributed by atoms with van der Waals surface area (Å²) in [6, 6.07) is 7.12.